The van der Waals surface area contributed by atoms with E-state index in [4.69, 9.17) is 5.26 Å². The number of nitriles is 1. The van der Waals surface area contributed by atoms with Gasteiger partial charge >= 0.3 is 0 Å². The lowest BCUT2D eigenvalue weighted by atomic mass is 10.00. The zero-order valence-electron chi connectivity index (χ0n) is 17.8. The van der Waals surface area contributed by atoms with Crippen molar-refractivity contribution in [2.75, 3.05) is 25.0 Å². The molecule has 1 amide bonds. The summed E-state index contributed by atoms with van der Waals surface area (Å²) in [5.41, 5.74) is 1.63. The number of pyridine rings is 1. The van der Waals surface area contributed by atoms with Gasteiger partial charge in [-0.15, -0.1) is 0 Å². The molecule has 1 aromatic carbocycles. The van der Waals surface area contributed by atoms with Crippen molar-refractivity contribution in [3.63, 3.8) is 0 Å². The zero-order valence-corrected chi connectivity index (χ0v) is 17.8. The van der Waals surface area contributed by atoms with Gasteiger partial charge in [-0.05, 0) is 49.4 Å². The van der Waals surface area contributed by atoms with E-state index in [-0.39, 0.29) is 5.91 Å². The average Bonchev–Trinajstić information content (AvgIpc) is 3.28. The number of anilines is 1. The molecule has 1 aromatic heterocycles. The van der Waals surface area contributed by atoms with E-state index in [1.807, 2.05) is 53.6 Å². The third kappa shape index (κ3) is 7.41. The maximum Gasteiger partial charge on any atom is 0.253 e. The maximum atomic E-state index is 12.5. The molecule has 2 aromatic rings. The number of carbonyl (C=O) groups excluding carboxylic acids is 1. The number of unbranched alkanes of at least 4 members (excludes halogenated alkanes) is 3. The van der Waals surface area contributed by atoms with Crippen molar-refractivity contribution in [1.82, 2.24) is 15.2 Å². The molecule has 0 spiro atoms. The number of nitrogens with one attached hydrogen (secondary N) is 2. The first kappa shape index (κ1) is 22.3. The lowest BCUT2D eigenvalue weighted by Crippen LogP contribution is -2.28. The van der Waals surface area contributed by atoms with Crippen molar-refractivity contribution in [2.45, 2.75) is 38.5 Å². The molecule has 1 unspecified atom stereocenters. The van der Waals surface area contributed by atoms with Gasteiger partial charge in [-0.25, -0.2) is 0 Å². The van der Waals surface area contributed by atoms with Gasteiger partial charge in [-0.2, -0.15) is 5.26 Å². The number of nitrogens with zero attached hydrogens (tertiary/aromatic N) is 4. The summed E-state index contributed by atoms with van der Waals surface area (Å²) in [6.07, 6.45) is 12.0. The summed E-state index contributed by atoms with van der Waals surface area (Å²) in [6, 6.07) is 13.2. The van der Waals surface area contributed by atoms with E-state index in [1.54, 1.807) is 12.4 Å². The summed E-state index contributed by atoms with van der Waals surface area (Å²) >= 11 is 0. The van der Waals surface area contributed by atoms with E-state index in [9.17, 15) is 4.79 Å². The Bertz CT molecular complexity index is 878. The van der Waals surface area contributed by atoms with Crippen LogP contribution in [0.25, 0.3) is 0 Å². The molecule has 0 radical (unpaired) electrons. The number of hydrogen-bond donors (Lipinski definition) is 2. The molecule has 3 rings (SSSR count). The Morgan fingerprint density at radius 1 is 1.13 bits per heavy atom. The van der Waals surface area contributed by atoms with Gasteiger partial charge in [0.1, 0.15) is 0 Å². The number of benzene rings is 1. The Balaban J connectivity index is 1.29. The Morgan fingerprint density at radius 2 is 1.90 bits per heavy atom. The van der Waals surface area contributed by atoms with Crippen LogP contribution >= 0.6 is 0 Å². The lowest BCUT2D eigenvalue weighted by Gasteiger charge is -2.16. The Hall–Kier alpha value is -3.40. The van der Waals surface area contributed by atoms with Gasteiger partial charge in [0.25, 0.3) is 5.91 Å². The number of likely N-dealkylation sites (tertiary alicyclic amines) is 1. The van der Waals surface area contributed by atoms with Crippen LogP contribution in [0.1, 0.15) is 48.9 Å². The van der Waals surface area contributed by atoms with Gasteiger partial charge in [0, 0.05) is 43.3 Å². The molecule has 0 bridgehead atoms. The molecule has 7 heteroatoms. The molecule has 2 heterocycles. The van der Waals surface area contributed by atoms with Gasteiger partial charge in [0.2, 0.25) is 5.96 Å². The standard InChI is InChI=1S/C24H30N6O/c25-19-28-24(29-22-11-15-26-16-12-22)27-14-7-2-1-4-8-20-13-17-30(18-20)23(31)21-9-5-3-6-10-21/h3,5-6,9-12,15-16,20H,1-2,4,7-8,13-14,17-18H2,(H2,26,27,28,29). The van der Waals surface area contributed by atoms with Gasteiger partial charge in [0.05, 0.1) is 0 Å². The third-order valence-electron chi connectivity index (χ3n) is 5.50. The van der Waals surface area contributed by atoms with Crippen LogP contribution in [0.4, 0.5) is 5.69 Å². The van der Waals surface area contributed by atoms with Crippen molar-refractivity contribution >= 4 is 17.6 Å². The second kappa shape index (κ2) is 12.3. The smallest absolute Gasteiger partial charge is 0.253 e. The monoisotopic (exact) mass is 418 g/mol. The highest BCUT2D eigenvalue weighted by molar-refractivity contribution is 5.94. The quantitative estimate of drug-likeness (QED) is 0.211. The topological polar surface area (TPSA) is 93.4 Å². The van der Waals surface area contributed by atoms with Crippen molar-refractivity contribution in [1.29, 1.82) is 5.26 Å². The lowest BCUT2D eigenvalue weighted by molar-refractivity contribution is 0.0786. The summed E-state index contributed by atoms with van der Waals surface area (Å²) < 4.78 is 0. The summed E-state index contributed by atoms with van der Waals surface area (Å²) in [4.78, 5) is 23.0. The van der Waals surface area contributed by atoms with Crippen LogP contribution in [-0.2, 0) is 0 Å². The van der Waals surface area contributed by atoms with E-state index in [2.05, 4.69) is 20.6 Å². The van der Waals surface area contributed by atoms with Gasteiger partial charge in [-0.1, -0.05) is 37.5 Å². The highest BCUT2D eigenvalue weighted by atomic mass is 16.2. The van der Waals surface area contributed by atoms with Crippen molar-refractivity contribution in [3.05, 3.63) is 60.4 Å². The van der Waals surface area contributed by atoms with Crippen LogP contribution in [0.3, 0.4) is 0 Å². The Kier molecular flexibility index (Phi) is 8.87. The van der Waals surface area contributed by atoms with Gasteiger partial charge in [-0.3, -0.25) is 20.1 Å². The predicted molar refractivity (Wildman–Crippen MR) is 122 cm³/mol. The Labute approximate surface area is 184 Å². The van der Waals surface area contributed by atoms with E-state index < -0.39 is 0 Å². The molecule has 7 nitrogen and oxygen atoms in total. The summed E-state index contributed by atoms with van der Waals surface area (Å²) in [5.74, 6) is 1.23. The van der Waals surface area contributed by atoms with Crippen LogP contribution in [0, 0.1) is 17.4 Å². The number of rotatable bonds is 9. The highest BCUT2D eigenvalue weighted by Crippen LogP contribution is 2.23. The fraction of sp³-hybridized carbons (Fsp3) is 0.417. The zero-order chi connectivity index (χ0) is 21.7. The predicted octanol–water partition coefficient (Wildman–Crippen LogP) is 4.03. The average molecular weight is 419 g/mol. The summed E-state index contributed by atoms with van der Waals surface area (Å²) in [5, 5.41) is 14.6. The van der Waals surface area contributed by atoms with E-state index in [0.29, 0.717) is 18.4 Å². The third-order valence-corrected chi connectivity index (χ3v) is 5.50. The minimum absolute atomic E-state index is 0.156. The first-order valence-electron chi connectivity index (χ1n) is 11.0. The van der Waals surface area contributed by atoms with Crippen LogP contribution in [0.15, 0.2) is 59.9 Å². The van der Waals surface area contributed by atoms with E-state index in [1.165, 1.54) is 12.8 Å². The Morgan fingerprint density at radius 3 is 2.68 bits per heavy atom. The number of amides is 1. The molecule has 0 saturated carbocycles. The molecule has 1 atom stereocenters. The molecule has 162 valence electrons. The van der Waals surface area contributed by atoms with Crippen LogP contribution in [-0.4, -0.2) is 41.4 Å². The van der Waals surface area contributed by atoms with E-state index in [0.717, 1.165) is 50.0 Å². The number of aromatic nitrogens is 1. The van der Waals surface area contributed by atoms with Crippen LogP contribution in [0.2, 0.25) is 0 Å². The number of hydrogen-bond acceptors (Lipinski definition) is 4. The molecule has 1 saturated heterocycles. The van der Waals surface area contributed by atoms with E-state index >= 15 is 0 Å². The van der Waals surface area contributed by atoms with Crippen molar-refractivity contribution in [2.24, 2.45) is 10.9 Å². The molecule has 1 aliphatic rings. The molecular formula is C24H30N6O. The van der Waals surface area contributed by atoms with Crippen LogP contribution in [0.5, 0.6) is 0 Å². The molecule has 0 aliphatic carbocycles. The van der Waals surface area contributed by atoms with Crippen molar-refractivity contribution < 1.29 is 4.79 Å². The number of aliphatic imine (C=N–C) groups is 1. The van der Waals surface area contributed by atoms with Crippen LogP contribution < -0.4 is 10.6 Å². The second-order valence-corrected chi connectivity index (χ2v) is 7.80. The van der Waals surface area contributed by atoms with Crippen molar-refractivity contribution in [3.8, 4) is 6.19 Å². The summed E-state index contributed by atoms with van der Waals surface area (Å²) in [6.45, 7) is 2.42. The van der Waals surface area contributed by atoms with Gasteiger partial charge < -0.3 is 10.2 Å². The fourth-order valence-corrected chi connectivity index (χ4v) is 3.84. The first-order valence-corrected chi connectivity index (χ1v) is 11.0. The van der Waals surface area contributed by atoms with Gasteiger partial charge in [0.15, 0.2) is 6.19 Å². The maximum absolute atomic E-state index is 12.5. The first-order chi connectivity index (χ1) is 15.3. The minimum atomic E-state index is 0.156. The molecular weight excluding hydrogens is 388 g/mol. The summed E-state index contributed by atoms with van der Waals surface area (Å²) in [7, 11) is 0. The molecule has 1 fully saturated rings. The molecule has 1 aliphatic heterocycles. The molecule has 2 N–H and O–H groups in total. The minimum Gasteiger partial charge on any atom is -0.338 e. The second-order valence-electron chi connectivity index (χ2n) is 7.80. The SMILES string of the molecule is N#CNC(=NCCCCCCC1CCN(C(=O)c2ccccc2)C1)Nc1ccncc1. The fourth-order valence-electron chi connectivity index (χ4n) is 3.84. The number of guanidine groups is 1. The molecule has 31 heavy (non-hydrogen) atoms. The number of carbonyl (C=O) groups is 1. The normalized spacial score (nSPS) is 16.0. The highest BCUT2D eigenvalue weighted by Gasteiger charge is 2.26. The largest absolute Gasteiger partial charge is 0.338 e.